The highest BCUT2D eigenvalue weighted by molar-refractivity contribution is 5.62. The lowest BCUT2D eigenvalue weighted by molar-refractivity contribution is 0.415. The maximum atomic E-state index is 5.27. The molecule has 0 fully saturated rings. The third kappa shape index (κ3) is 4.07. The van der Waals surface area contributed by atoms with Crippen LogP contribution in [0.15, 0.2) is 60.7 Å². The van der Waals surface area contributed by atoms with Crippen molar-refractivity contribution in [3.8, 4) is 5.75 Å². The molecule has 0 aliphatic rings. The SMILES string of the molecule is CCN(c1ccccc1)c1nc(C)cc(Nc2cccc(OC)c2)n1. The van der Waals surface area contributed by atoms with E-state index in [0.717, 1.165) is 35.2 Å². The maximum absolute atomic E-state index is 5.27. The molecule has 1 heterocycles. The average molecular weight is 334 g/mol. The first-order valence-corrected chi connectivity index (χ1v) is 8.29. The number of anilines is 4. The Bertz CT molecular complexity index is 836. The molecule has 1 aromatic heterocycles. The van der Waals surface area contributed by atoms with Crippen LogP contribution in [0.25, 0.3) is 0 Å². The summed E-state index contributed by atoms with van der Waals surface area (Å²) < 4.78 is 5.27. The average Bonchev–Trinajstić information content (AvgIpc) is 2.63. The van der Waals surface area contributed by atoms with Gasteiger partial charge in [-0.2, -0.15) is 4.98 Å². The van der Waals surface area contributed by atoms with Gasteiger partial charge in [0.25, 0.3) is 0 Å². The van der Waals surface area contributed by atoms with Crippen molar-refractivity contribution in [1.29, 1.82) is 0 Å². The zero-order valence-corrected chi connectivity index (χ0v) is 14.7. The largest absolute Gasteiger partial charge is 0.497 e. The van der Waals surface area contributed by atoms with Gasteiger partial charge in [0.15, 0.2) is 0 Å². The molecule has 5 nitrogen and oxygen atoms in total. The van der Waals surface area contributed by atoms with Gasteiger partial charge in [0.2, 0.25) is 5.95 Å². The number of methoxy groups -OCH3 is 1. The molecule has 0 bridgehead atoms. The van der Waals surface area contributed by atoms with Crippen LogP contribution in [-0.2, 0) is 0 Å². The smallest absolute Gasteiger partial charge is 0.232 e. The summed E-state index contributed by atoms with van der Waals surface area (Å²) in [7, 11) is 1.66. The lowest BCUT2D eigenvalue weighted by Gasteiger charge is -2.22. The van der Waals surface area contributed by atoms with E-state index in [1.807, 2.05) is 55.5 Å². The van der Waals surface area contributed by atoms with Crippen molar-refractivity contribution in [2.24, 2.45) is 0 Å². The normalized spacial score (nSPS) is 10.4. The maximum Gasteiger partial charge on any atom is 0.232 e. The topological polar surface area (TPSA) is 50.3 Å². The molecular formula is C20H22N4O. The van der Waals surface area contributed by atoms with Gasteiger partial charge in [0.1, 0.15) is 11.6 Å². The molecule has 0 aliphatic heterocycles. The second-order valence-corrected chi connectivity index (χ2v) is 5.63. The lowest BCUT2D eigenvalue weighted by atomic mass is 10.3. The molecule has 0 aliphatic carbocycles. The minimum Gasteiger partial charge on any atom is -0.497 e. The molecule has 0 atom stereocenters. The van der Waals surface area contributed by atoms with Crippen LogP contribution in [0.3, 0.4) is 0 Å². The van der Waals surface area contributed by atoms with Crippen LogP contribution in [0.2, 0.25) is 0 Å². The number of nitrogens with one attached hydrogen (secondary N) is 1. The van der Waals surface area contributed by atoms with E-state index >= 15 is 0 Å². The summed E-state index contributed by atoms with van der Waals surface area (Å²) in [6, 6.07) is 19.9. The Morgan fingerprint density at radius 1 is 1.00 bits per heavy atom. The third-order valence-electron chi connectivity index (χ3n) is 3.81. The Morgan fingerprint density at radius 3 is 2.52 bits per heavy atom. The first kappa shape index (κ1) is 16.8. The molecule has 0 saturated carbocycles. The molecule has 5 heteroatoms. The second-order valence-electron chi connectivity index (χ2n) is 5.63. The molecule has 1 N–H and O–H groups in total. The van der Waals surface area contributed by atoms with Gasteiger partial charge in [-0.3, -0.25) is 0 Å². The Hall–Kier alpha value is -3.08. The minimum atomic E-state index is 0.680. The number of hydrogen-bond acceptors (Lipinski definition) is 5. The van der Waals surface area contributed by atoms with E-state index in [4.69, 9.17) is 9.72 Å². The molecular weight excluding hydrogens is 312 g/mol. The molecule has 0 amide bonds. The first-order chi connectivity index (χ1) is 12.2. The highest BCUT2D eigenvalue weighted by atomic mass is 16.5. The summed E-state index contributed by atoms with van der Waals surface area (Å²) in [6.07, 6.45) is 0. The molecule has 3 rings (SSSR count). The molecule has 2 aromatic carbocycles. The van der Waals surface area contributed by atoms with Crippen molar-refractivity contribution in [2.45, 2.75) is 13.8 Å². The van der Waals surface area contributed by atoms with Crippen molar-refractivity contribution >= 4 is 23.1 Å². The van der Waals surface area contributed by atoms with E-state index in [1.54, 1.807) is 7.11 Å². The van der Waals surface area contributed by atoms with Gasteiger partial charge in [-0.1, -0.05) is 24.3 Å². The molecule has 0 spiro atoms. The van der Waals surface area contributed by atoms with E-state index in [9.17, 15) is 0 Å². The lowest BCUT2D eigenvalue weighted by Crippen LogP contribution is -2.19. The van der Waals surface area contributed by atoms with E-state index in [2.05, 4.69) is 34.3 Å². The fraction of sp³-hybridized carbons (Fsp3) is 0.200. The van der Waals surface area contributed by atoms with Crippen molar-refractivity contribution in [3.63, 3.8) is 0 Å². The van der Waals surface area contributed by atoms with Gasteiger partial charge in [0, 0.05) is 35.7 Å². The number of hydrogen-bond donors (Lipinski definition) is 1. The third-order valence-corrected chi connectivity index (χ3v) is 3.81. The second kappa shape index (κ2) is 7.66. The summed E-state index contributed by atoms with van der Waals surface area (Å²) >= 11 is 0. The van der Waals surface area contributed by atoms with E-state index in [-0.39, 0.29) is 0 Å². The number of rotatable bonds is 6. The van der Waals surface area contributed by atoms with Gasteiger partial charge in [-0.15, -0.1) is 0 Å². The highest BCUT2D eigenvalue weighted by Gasteiger charge is 2.12. The first-order valence-electron chi connectivity index (χ1n) is 8.29. The summed E-state index contributed by atoms with van der Waals surface area (Å²) in [5, 5.41) is 3.33. The van der Waals surface area contributed by atoms with Gasteiger partial charge in [0.05, 0.1) is 7.11 Å². The molecule has 0 saturated heterocycles. The van der Waals surface area contributed by atoms with Crippen molar-refractivity contribution in [1.82, 2.24) is 9.97 Å². The van der Waals surface area contributed by atoms with Crippen LogP contribution < -0.4 is 15.0 Å². The summed E-state index contributed by atoms with van der Waals surface area (Å²) in [6.45, 7) is 4.85. The van der Waals surface area contributed by atoms with Crippen LogP contribution in [0, 0.1) is 6.92 Å². The summed E-state index contributed by atoms with van der Waals surface area (Å²) in [5.41, 5.74) is 2.90. The Morgan fingerprint density at radius 2 is 1.80 bits per heavy atom. The zero-order chi connectivity index (χ0) is 17.6. The quantitative estimate of drug-likeness (QED) is 0.708. The summed E-state index contributed by atoms with van der Waals surface area (Å²) in [4.78, 5) is 11.4. The summed E-state index contributed by atoms with van der Waals surface area (Å²) in [5.74, 6) is 2.24. The molecule has 0 unspecified atom stereocenters. The minimum absolute atomic E-state index is 0.680. The van der Waals surface area contributed by atoms with Crippen LogP contribution in [0.1, 0.15) is 12.6 Å². The number of nitrogens with zero attached hydrogens (tertiary/aromatic N) is 3. The molecule has 128 valence electrons. The predicted molar refractivity (Wildman–Crippen MR) is 102 cm³/mol. The Kier molecular flexibility index (Phi) is 5.14. The zero-order valence-electron chi connectivity index (χ0n) is 14.7. The van der Waals surface area contributed by atoms with Crippen molar-refractivity contribution < 1.29 is 4.74 Å². The van der Waals surface area contributed by atoms with Crippen LogP contribution in [-0.4, -0.2) is 23.6 Å². The van der Waals surface area contributed by atoms with E-state index in [0.29, 0.717) is 5.95 Å². The standard InChI is InChI=1S/C20H22N4O/c1-4-24(17-10-6-5-7-11-17)20-21-15(2)13-19(23-20)22-16-9-8-12-18(14-16)25-3/h5-14H,4H2,1-3H3,(H,21,22,23). The van der Waals surface area contributed by atoms with Crippen molar-refractivity contribution in [2.75, 3.05) is 23.9 Å². The fourth-order valence-corrected chi connectivity index (χ4v) is 2.63. The van der Waals surface area contributed by atoms with E-state index in [1.165, 1.54) is 0 Å². The highest BCUT2D eigenvalue weighted by Crippen LogP contribution is 2.25. The Labute approximate surface area is 148 Å². The number of aryl methyl sites for hydroxylation is 1. The Balaban J connectivity index is 1.92. The molecule has 25 heavy (non-hydrogen) atoms. The number of aromatic nitrogens is 2. The molecule has 0 radical (unpaired) electrons. The van der Waals surface area contributed by atoms with Gasteiger partial charge in [-0.05, 0) is 38.1 Å². The predicted octanol–water partition coefficient (Wildman–Crippen LogP) is 4.70. The van der Waals surface area contributed by atoms with Crippen LogP contribution in [0.5, 0.6) is 5.75 Å². The fourth-order valence-electron chi connectivity index (χ4n) is 2.63. The van der Waals surface area contributed by atoms with Crippen LogP contribution >= 0.6 is 0 Å². The number of para-hydroxylation sites is 1. The van der Waals surface area contributed by atoms with Crippen molar-refractivity contribution in [3.05, 3.63) is 66.4 Å². The number of ether oxygens (including phenoxy) is 1. The van der Waals surface area contributed by atoms with Gasteiger partial charge >= 0.3 is 0 Å². The number of benzene rings is 2. The molecule has 3 aromatic rings. The van der Waals surface area contributed by atoms with Crippen LogP contribution in [0.4, 0.5) is 23.1 Å². The monoisotopic (exact) mass is 334 g/mol. The van der Waals surface area contributed by atoms with E-state index < -0.39 is 0 Å². The van der Waals surface area contributed by atoms with Gasteiger partial charge < -0.3 is 15.0 Å². The van der Waals surface area contributed by atoms with Gasteiger partial charge in [-0.25, -0.2) is 4.98 Å².